The summed E-state index contributed by atoms with van der Waals surface area (Å²) in [5.41, 5.74) is 6.60. The number of rotatable bonds is 4. The van der Waals surface area contributed by atoms with Crippen molar-refractivity contribution >= 4 is 41.5 Å². The van der Waals surface area contributed by atoms with E-state index in [1.807, 2.05) is 19.1 Å². The number of hydrogen-bond donors (Lipinski definition) is 1. The molecule has 0 aliphatic heterocycles. The Hall–Kier alpha value is -0.480. The first-order valence-corrected chi connectivity index (χ1v) is 7.13. The molecule has 1 fully saturated rings. The zero-order chi connectivity index (χ0) is 14.2. The third kappa shape index (κ3) is 3.59. The Morgan fingerprint density at radius 1 is 1.50 bits per heavy atom. The van der Waals surface area contributed by atoms with E-state index in [-0.39, 0.29) is 36.2 Å². The summed E-state index contributed by atoms with van der Waals surface area (Å²) in [4.78, 5) is 14.0. The molecule has 20 heavy (non-hydrogen) atoms. The topological polar surface area (TPSA) is 46.3 Å². The monoisotopic (exact) mass is 336 g/mol. The second kappa shape index (κ2) is 6.99. The fourth-order valence-electron chi connectivity index (χ4n) is 2.25. The van der Waals surface area contributed by atoms with Crippen molar-refractivity contribution in [3.63, 3.8) is 0 Å². The highest BCUT2D eigenvalue weighted by Crippen LogP contribution is 2.50. The molecule has 0 bridgehead atoms. The summed E-state index contributed by atoms with van der Waals surface area (Å²) in [5, 5.41) is 1.26. The van der Waals surface area contributed by atoms with Crippen LogP contribution >= 0.6 is 35.6 Å². The van der Waals surface area contributed by atoms with E-state index in [1.54, 1.807) is 18.0 Å². The van der Waals surface area contributed by atoms with Gasteiger partial charge in [-0.2, -0.15) is 0 Å². The summed E-state index contributed by atoms with van der Waals surface area (Å²) in [6.07, 6.45) is 0.849. The van der Waals surface area contributed by atoms with E-state index >= 15 is 0 Å². The van der Waals surface area contributed by atoms with Crippen LogP contribution in [-0.4, -0.2) is 30.4 Å². The Morgan fingerprint density at radius 2 is 2.15 bits per heavy atom. The first kappa shape index (κ1) is 17.6. The van der Waals surface area contributed by atoms with Gasteiger partial charge in [-0.05, 0) is 37.0 Å². The molecule has 6 heteroatoms. The average Bonchev–Trinajstić information content (AvgIpc) is 3.16. The van der Waals surface area contributed by atoms with Crippen LogP contribution in [0.1, 0.15) is 24.8 Å². The molecule has 112 valence electrons. The number of likely N-dealkylation sites (N-methyl/N-ethyl adjacent to an activating group) is 1. The minimum Gasteiger partial charge on any atom is -0.342 e. The lowest BCUT2D eigenvalue weighted by Gasteiger charge is -2.23. The Bertz CT molecular complexity index is 495. The van der Waals surface area contributed by atoms with E-state index < -0.39 is 0 Å². The van der Waals surface area contributed by atoms with Gasteiger partial charge < -0.3 is 10.6 Å². The van der Waals surface area contributed by atoms with E-state index in [2.05, 4.69) is 0 Å². The molecule has 3 unspecified atom stereocenters. The van der Waals surface area contributed by atoms with Gasteiger partial charge in [0.25, 0.3) is 0 Å². The number of carbonyl (C=O) groups excluding carboxylic acids is 1. The highest BCUT2D eigenvalue weighted by molar-refractivity contribution is 6.35. The van der Waals surface area contributed by atoms with Crippen LogP contribution in [0.5, 0.6) is 0 Å². The van der Waals surface area contributed by atoms with Crippen molar-refractivity contribution in [3.05, 3.63) is 33.8 Å². The minimum absolute atomic E-state index is 0. The maximum absolute atomic E-state index is 12.3. The normalized spacial score (nSPS) is 21.9. The standard InChI is InChI=1S/C14H18Cl2N2O.ClH/c1-8(7-17)18(2)14(19)12-6-11(12)10-4-3-9(15)5-13(10)16;/h3-5,8,11-12H,6-7,17H2,1-2H3;1H. The molecular weight excluding hydrogens is 319 g/mol. The number of amides is 1. The number of carbonyl (C=O) groups is 1. The zero-order valence-corrected chi connectivity index (χ0v) is 13.8. The molecule has 1 aliphatic carbocycles. The molecule has 1 aromatic carbocycles. The Kier molecular flexibility index (Phi) is 6.14. The molecule has 1 amide bonds. The van der Waals surface area contributed by atoms with Crippen LogP contribution in [0.15, 0.2) is 18.2 Å². The molecule has 0 radical (unpaired) electrons. The lowest BCUT2D eigenvalue weighted by atomic mass is 10.1. The SMILES string of the molecule is CC(CN)N(C)C(=O)C1CC1c1ccc(Cl)cc1Cl.Cl. The van der Waals surface area contributed by atoms with Gasteiger partial charge in [-0.15, -0.1) is 12.4 Å². The van der Waals surface area contributed by atoms with Crippen molar-refractivity contribution in [3.8, 4) is 0 Å². The summed E-state index contributed by atoms with van der Waals surface area (Å²) in [5.74, 6) is 0.385. The molecule has 3 atom stereocenters. The van der Waals surface area contributed by atoms with E-state index in [4.69, 9.17) is 28.9 Å². The van der Waals surface area contributed by atoms with Crippen LogP contribution in [0.3, 0.4) is 0 Å². The predicted molar refractivity (Wildman–Crippen MR) is 85.8 cm³/mol. The molecule has 3 nitrogen and oxygen atoms in total. The van der Waals surface area contributed by atoms with E-state index in [1.165, 1.54) is 0 Å². The van der Waals surface area contributed by atoms with Crippen molar-refractivity contribution in [2.45, 2.75) is 25.3 Å². The summed E-state index contributed by atoms with van der Waals surface area (Å²) in [6, 6.07) is 5.52. The quantitative estimate of drug-likeness (QED) is 0.916. The molecule has 0 spiro atoms. The maximum Gasteiger partial charge on any atom is 0.226 e. The first-order valence-electron chi connectivity index (χ1n) is 6.37. The smallest absolute Gasteiger partial charge is 0.226 e. The van der Waals surface area contributed by atoms with Crippen molar-refractivity contribution in [2.24, 2.45) is 11.7 Å². The second-order valence-corrected chi connectivity index (χ2v) is 5.99. The van der Waals surface area contributed by atoms with E-state index in [0.29, 0.717) is 16.6 Å². The Balaban J connectivity index is 0.00000200. The molecule has 1 aromatic rings. The fraction of sp³-hybridized carbons (Fsp3) is 0.500. The van der Waals surface area contributed by atoms with E-state index in [0.717, 1.165) is 12.0 Å². The van der Waals surface area contributed by atoms with Crippen LogP contribution in [0.25, 0.3) is 0 Å². The summed E-state index contributed by atoms with van der Waals surface area (Å²) in [6.45, 7) is 2.42. The van der Waals surface area contributed by atoms with Gasteiger partial charge in [0.15, 0.2) is 0 Å². The molecule has 1 aliphatic rings. The summed E-state index contributed by atoms with van der Waals surface area (Å²) in [7, 11) is 1.80. The third-order valence-corrected chi connectivity index (χ3v) is 4.38. The Labute approximate surface area is 135 Å². The van der Waals surface area contributed by atoms with Crippen LogP contribution in [0, 0.1) is 5.92 Å². The number of nitrogens with two attached hydrogens (primary N) is 1. The average molecular weight is 338 g/mol. The second-order valence-electron chi connectivity index (χ2n) is 5.15. The van der Waals surface area contributed by atoms with Crippen molar-refractivity contribution in [2.75, 3.05) is 13.6 Å². The van der Waals surface area contributed by atoms with Gasteiger partial charge in [0.2, 0.25) is 5.91 Å². The highest BCUT2D eigenvalue weighted by atomic mass is 35.5. The van der Waals surface area contributed by atoms with Crippen LogP contribution in [-0.2, 0) is 4.79 Å². The lowest BCUT2D eigenvalue weighted by Crippen LogP contribution is -2.40. The maximum atomic E-state index is 12.3. The number of nitrogens with zero attached hydrogens (tertiary/aromatic N) is 1. The number of benzene rings is 1. The van der Waals surface area contributed by atoms with Gasteiger partial charge in [-0.1, -0.05) is 29.3 Å². The Morgan fingerprint density at radius 3 is 2.70 bits per heavy atom. The van der Waals surface area contributed by atoms with Crippen molar-refractivity contribution < 1.29 is 4.79 Å². The molecule has 2 rings (SSSR count). The summed E-state index contributed by atoms with van der Waals surface area (Å²) < 4.78 is 0. The van der Waals surface area contributed by atoms with Crippen molar-refractivity contribution in [1.82, 2.24) is 4.90 Å². The molecular formula is C14H19Cl3N2O. The molecule has 0 saturated heterocycles. The van der Waals surface area contributed by atoms with Crippen LogP contribution in [0.4, 0.5) is 0 Å². The molecule has 1 saturated carbocycles. The molecule has 0 aromatic heterocycles. The minimum atomic E-state index is 0. The molecule has 0 heterocycles. The van der Waals surface area contributed by atoms with Gasteiger partial charge in [0, 0.05) is 35.6 Å². The van der Waals surface area contributed by atoms with Gasteiger partial charge in [-0.3, -0.25) is 4.79 Å². The number of hydrogen-bond acceptors (Lipinski definition) is 2. The van der Waals surface area contributed by atoms with Crippen LogP contribution in [0.2, 0.25) is 10.0 Å². The lowest BCUT2D eigenvalue weighted by molar-refractivity contribution is -0.133. The zero-order valence-electron chi connectivity index (χ0n) is 11.5. The predicted octanol–water partition coefficient (Wildman–Crippen LogP) is 3.32. The van der Waals surface area contributed by atoms with Gasteiger partial charge in [-0.25, -0.2) is 0 Å². The van der Waals surface area contributed by atoms with Crippen LogP contribution < -0.4 is 5.73 Å². The van der Waals surface area contributed by atoms with Gasteiger partial charge in [0.1, 0.15) is 0 Å². The third-order valence-electron chi connectivity index (χ3n) is 3.82. The van der Waals surface area contributed by atoms with Gasteiger partial charge >= 0.3 is 0 Å². The largest absolute Gasteiger partial charge is 0.342 e. The molecule has 2 N–H and O–H groups in total. The first-order chi connectivity index (χ1) is 8.95. The fourth-order valence-corrected chi connectivity index (χ4v) is 2.80. The highest BCUT2D eigenvalue weighted by Gasteiger charge is 2.46. The summed E-state index contributed by atoms with van der Waals surface area (Å²) >= 11 is 12.1. The van der Waals surface area contributed by atoms with Gasteiger partial charge in [0.05, 0.1) is 0 Å². The van der Waals surface area contributed by atoms with Crippen molar-refractivity contribution in [1.29, 1.82) is 0 Å². The number of halogens is 3. The van der Waals surface area contributed by atoms with E-state index in [9.17, 15) is 4.79 Å².